The minimum absolute atomic E-state index is 0.0455. The molecule has 2 aromatic carbocycles. The molecule has 0 aliphatic rings. The zero-order valence-corrected chi connectivity index (χ0v) is 15.9. The fourth-order valence-electron chi connectivity index (χ4n) is 2.30. The molecular weight excluding hydrogens is 386 g/mol. The number of ether oxygens (including phenoxy) is 1. The molecule has 6 nitrogen and oxygen atoms in total. The Hall–Kier alpha value is -2.90. The molecule has 27 heavy (non-hydrogen) atoms. The van der Waals surface area contributed by atoms with Gasteiger partial charge in [-0.1, -0.05) is 29.8 Å². The summed E-state index contributed by atoms with van der Waals surface area (Å²) in [4.78, 5) is 28.5. The number of benzene rings is 2. The number of aromatic nitrogens is 1. The standard InChI is InChI=1S/C19H16ClN3O3S/c1-26-14-8-6-12(7-9-14)18(25)23-22-17(24)10-13-11-27-19(21-13)15-4-2-3-5-16(15)20/h2-9,11H,10H2,1H3,(H,22,24)(H,23,25). The van der Waals surface area contributed by atoms with E-state index in [4.69, 9.17) is 16.3 Å². The lowest BCUT2D eigenvalue weighted by Crippen LogP contribution is -2.42. The predicted molar refractivity (Wildman–Crippen MR) is 105 cm³/mol. The first-order chi connectivity index (χ1) is 13.1. The molecule has 2 N–H and O–H groups in total. The Morgan fingerprint density at radius 3 is 2.56 bits per heavy atom. The molecule has 0 fully saturated rings. The number of nitrogens with one attached hydrogen (secondary N) is 2. The van der Waals surface area contributed by atoms with Crippen molar-refractivity contribution in [1.82, 2.24) is 15.8 Å². The Bertz CT molecular complexity index is 957. The van der Waals surface area contributed by atoms with E-state index in [0.717, 1.165) is 10.6 Å². The van der Waals surface area contributed by atoms with E-state index in [1.165, 1.54) is 11.3 Å². The molecule has 138 valence electrons. The molecule has 0 spiro atoms. The number of hydrogen-bond acceptors (Lipinski definition) is 5. The van der Waals surface area contributed by atoms with Gasteiger partial charge >= 0.3 is 0 Å². The molecule has 0 aliphatic carbocycles. The van der Waals surface area contributed by atoms with Crippen LogP contribution >= 0.6 is 22.9 Å². The van der Waals surface area contributed by atoms with Gasteiger partial charge in [-0.25, -0.2) is 4.98 Å². The molecule has 1 heterocycles. The number of thiazole rings is 1. The van der Waals surface area contributed by atoms with Gasteiger partial charge in [0.15, 0.2) is 0 Å². The van der Waals surface area contributed by atoms with Gasteiger partial charge in [0.1, 0.15) is 10.8 Å². The molecule has 0 atom stereocenters. The minimum Gasteiger partial charge on any atom is -0.497 e. The van der Waals surface area contributed by atoms with E-state index in [2.05, 4.69) is 15.8 Å². The zero-order chi connectivity index (χ0) is 19.2. The average Bonchev–Trinajstić information content (AvgIpc) is 3.14. The number of halogens is 1. The Balaban J connectivity index is 1.55. The first-order valence-corrected chi connectivity index (χ1v) is 9.25. The first kappa shape index (κ1) is 18.9. The van der Waals surface area contributed by atoms with Crippen LogP contribution in [0.3, 0.4) is 0 Å². The molecular formula is C19H16ClN3O3S. The van der Waals surface area contributed by atoms with Gasteiger partial charge in [0.25, 0.3) is 5.91 Å². The van der Waals surface area contributed by atoms with Gasteiger partial charge in [0.2, 0.25) is 5.91 Å². The molecule has 3 rings (SSSR count). The molecule has 1 aromatic heterocycles. The third-order valence-corrected chi connectivity index (χ3v) is 4.92. The van der Waals surface area contributed by atoms with E-state index in [-0.39, 0.29) is 12.3 Å². The van der Waals surface area contributed by atoms with E-state index in [1.807, 2.05) is 18.2 Å². The Kier molecular flexibility index (Phi) is 6.05. The maximum atomic E-state index is 12.1. The SMILES string of the molecule is COc1ccc(C(=O)NNC(=O)Cc2csc(-c3ccccc3Cl)n2)cc1. The van der Waals surface area contributed by atoms with Crippen molar-refractivity contribution in [3.63, 3.8) is 0 Å². The summed E-state index contributed by atoms with van der Waals surface area (Å²) >= 11 is 7.58. The topological polar surface area (TPSA) is 80.3 Å². The number of nitrogens with zero attached hydrogens (tertiary/aromatic N) is 1. The zero-order valence-electron chi connectivity index (χ0n) is 14.4. The van der Waals surface area contributed by atoms with E-state index in [9.17, 15) is 9.59 Å². The molecule has 2 amide bonds. The van der Waals surface area contributed by atoms with Gasteiger partial charge in [0.05, 0.1) is 24.2 Å². The van der Waals surface area contributed by atoms with E-state index in [0.29, 0.717) is 22.0 Å². The van der Waals surface area contributed by atoms with E-state index in [1.54, 1.807) is 42.8 Å². The van der Waals surface area contributed by atoms with Gasteiger partial charge in [-0.2, -0.15) is 0 Å². The molecule has 0 saturated heterocycles. The maximum absolute atomic E-state index is 12.1. The molecule has 0 radical (unpaired) electrons. The van der Waals surface area contributed by atoms with Crippen molar-refractivity contribution in [2.45, 2.75) is 6.42 Å². The second kappa shape index (κ2) is 8.66. The van der Waals surface area contributed by atoms with Crippen LogP contribution in [0.15, 0.2) is 53.9 Å². The third-order valence-electron chi connectivity index (χ3n) is 3.67. The number of carbonyl (C=O) groups excluding carboxylic acids is 2. The number of methoxy groups -OCH3 is 1. The van der Waals surface area contributed by atoms with E-state index >= 15 is 0 Å². The van der Waals surface area contributed by atoms with Crippen LogP contribution < -0.4 is 15.6 Å². The van der Waals surface area contributed by atoms with Crippen LogP contribution in [0.1, 0.15) is 16.1 Å². The van der Waals surface area contributed by atoms with Gasteiger partial charge in [0, 0.05) is 16.5 Å². The van der Waals surface area contributed by atoms with Gasteiger partial charge in [-0.05, 0) is 30.3 Å². The van der Waals surface area contributed by atoms with Crippen molar-refractivity contribution >= 4 is 34.8 Å². The Morgan fingerprint density at radius 1 is 1.11 bits per heavy atom. The molecule has 8 heteroatoms. The lowest BCUT2D eigenvalue weighted by molar-refractivity contribution is -0.121. The first-order valence-electron chi connectivity index (χ1n) is 7.99. The van der Waals surface area contributed by atoms with Gasteiger partial charge in [-0.3, -0.25) is 20.4 Å². The summed E-state index contributed by atoms with van der Waals surface area (Å²) in [5, 5.41) is 3.14. The largest absolute Gasteiger partial charge is 0.497 e. The lowest BCUT2D eigenvalue weighted by Gasteiger charge is -2.07. The van der Waals surface area contributed by atoms with Crippen molar-refractivity contribution < 1.29 is 14.3 Å². The number of carbonyl (C=O) groups is 2. The van der Waals surface area contributed by atoms with Crippen molar-refractivity contribution in [2.24, 2.45) is 0 Å². The average molecular weight is 402 g/mol. The second-order valence-corrected chi connectivity index (χ2v) is 6.80. The molecule has 0 saturated carbocycles. The van der Waals surface area contributed by atoms with Crippen LogP contribution in [-0.4, -0.2) is 23.9 Å². The van der Waals surface area contributed by atoms with Crippen LogP contribution in [0, 0.1) is 0 Å². The highest BCUT2D eigenvalue weighted by atomic mass is 35.5. The number of hydrogen-bond donors (Lipinski definition) is 2. The Morgan fingerprint density at radius 2 is 1.85 bits per heavy atom. The number of rotatable bonds is 5. The fraction of sp³-hybridized carbons (Fsp3) is 0.105. The monoisotopic (exact) mass is 401 g/mol. The highest BCUT2D eigenvalue weighted by molar-refractivity contribution is 7.13. The summed E-state index contributed by atoms with van der Waals surface area (Å²) in [5.41, 5.74) is 6.60. The van der Waals surface area contributed by atoms with Crippen LogP contribution in [0.2, 0.25) is 5.02 Å². The second-order valence-electron chi connectivity index (χ2n) is 5.53. The van der Waals surface area contributed by atoms with Crippen LogP contribution in [-0.2, 0) is 11.2 Å². The van der Waals surface area contributed by atoms with Crippen LogP contribution in [0.5, 0.6) is 5.75 Å². The van der Waals surface area contributed by atoms with Crippen molar-refractivity contribution in [2.75, 3.05) is 7.11 Å². The summed E-state index contributed by atoms with van der Waals surface area (Å²) in [6.07, 6.45) is 0.0455. The fourth-order valence-corrected chi connectivity index (χ4v) is 3.44. The van der Waals surface area contributed by atoms with Gasteiger partial charge in [-0.15, -0.1) is 11.3 Å². The highest BCUT2D eigenvalue weighted by Gasteiger charge is 2.12. The predicted octanol–water partition coefficient (Wildman–Crippen LogP) is 3.48. The summed E-state index contributed by atoms with van der Waals surface area (Å²) < 4.78 is 5.04. The van der Waals surface area contributed by atoms with Crippen LogP contribution in [0.4, 0.5) is 0 Å². The smallest absolute Gasteiger partial charge is 0.269 e. The van der Waals surface area contributed by atoms with Gasteiger partial charge < -0.3 is 4.74 Å². The van der Waals surface area contributed by atoms with Crippen molar-refractivity contribution in [3.8, 4) is 16.3 Å². The number of amides is 2. The lowest BCUT2D eigenvalue weighted by atomic mass is 10.2. The molecule has 3 aromatic rings. The van der Waals surface area contributed by atoms with Crippen molar-refractivity contribution in [3.05, 3.63) is 70.2 Å². The minimum atomic E-state index is -0.416. The quantitative estimate of drug-likeness (QED) is 0.641. The third kappa shape index (κ3) is 4.84. The number of hydrazine groups is 1. The summed E-state index contributed by atoms with van der Waals surface area (Å²) in [5.74, 6) is -0.137. The van der Waals surface area contributed by atoms with E-state index < -0.39 is 5.91 Å². The summed E-state index contributed by atoms with van der Waals surface area (Å²) in [6, 6.07) is 13.9. The van der Waals surface area contributed by atoms with Crippen molar-refractivity contribution in [1.29, 1.82) is 0 Å². The summed E-state index contributed by atoms with van der Waals surface area (Å²) in [6.45, 7) is 0. The normalized spacial score (nSPS) is 10.3. The highest BCUT2D eigenvalue weighted by Crippen LogP contribution is 2.30. The Labute approximate surface area is 165 Å². The summed E-state index contributed by atoms with van der Waals surface area (Å²) in [7, 11) is 1.55. The van der Waals surface area contributed by atoms with Crippen LogP contribution in [0.25, 0.3) is 10.6 Å². The molecule has 0 bridgehead atoms. The molecule has 0 aliphatic heterocycles. The maximum Gasteiger partial charge on any atom is 0.269 e. The molecule has 0 unspecified atom stereocenters.